The number of allylic oxidation sites excluding steroid dienone is 2. The Hall–Kier alpha value is -1.69. The molecule has 0 bridgehead atoms. The molecule has 182 valence electrons. The molecule has 0 aromatic carbocycles. The lowest BCUT2D eigenvalue weighted by Crippen LogP contribution is -2.40. The first kappa shape index (κ1) is 26.6. The van der Waals surface area contributed by atoms with Crippen molar-refractivity contribution in [3.63, 3.8) is 0 Å². The van der Waals surface area contributed by atoms with Crippen molar-refractivity contribution in [3.05, 3.63) is 11.6 Å². The minimum Gasteiger partial charge on any atom is -0.436 e. The van der Waals surface area contributed by atoms with Gasteiger partial charge in [-0.2, -0.15) is 0 Å². The van der Waals surface area contributed by atoms with Crippen LogP contribution in [0.5, 0.6) is 0 Å². The molecular formula is C26H42O6. The number of carbonyl (C=O) groups is 3. The number of carbonyl (C=O) groups excluding carboxylic acids is 3. The average molecular weight is 451 g/mol. The van der Waals surface area contributed by atoms with E-state index in [9.17, 15) is 19.5 Å². The predicted molar refractivity (Wildman–Crippen MR) is 122 cm³/mol. The van der Waals surface area contributed by atoms with E-state index < -0.39 is 30.1 Å². The first-order valence-electron chi connectivity index (χ1n) is 11.7. The van der Waals surface area contributed by atoms with Crippen molar-refractivity contribution in [2.24, 2.45) is 33.5 Å². The lowest BCUT2D eigenvalue weighted by molar-refractivity contribution is -0.156. The average Bonchev–Trinajstić information content (AvgIpc) is 3.05. The third kappa shape index (κ3) is 6.00. The Morgan fingerprint density at radius 3 is 1.94 bits per heavy atom. The van der Waals surface area contributed by atoms with Gasteiger partial charge in [-0.05, 0) is 40.9 Å². The van der Waals surface area contributed by atoms with Gasteiger partial charge >= 0.3 is 17.9 Å². The molecule has 0 aliphatic carbocycles. The molecule has 6 nitrogen and oxygen atoms in total. The number of aliphatic hydroxyl groups excluding tert-OH is 1. The normalized spacial score (nSPS) is 25.9. The summed E-state index contributed by atoms with van der Waals surface area (Å²) in [5.74, 6) is -2.28. The van der Waals surface area contributed by atoms with E-state index in [1.165, 1.54) is 0 Å². The molecule has 0 aromatic heterocycles. The molecule has 3 atom stereocenters. The second-order valence-corrected chi connectivity index (χ2v) is 12.7. The molecule has 2 aliphatic rings. The van der Waals surface area contributed by atoms with Gasteiger partial charge in [0.25, 0.3) is 0 Å². The van der Waals surface area contributed by atoms with E-state index >= 15 is 0 Å². The van der Waals surface area contributed by atoms with E-state index in [0.717, 1.165) is 12.0 Å². The first-order valence-corrected chi connectivity index (χ1v) is 11.7. The monoisotopic (exact) mass is 450 g/mol. The van der Waals surface area contributed by atoms with Crippen LogP contribution in [0.3, 0.4) is 0 Å². The van der Waals surface area contributed by atoms with Gasteiger partial charge in [-0.3, -0.25) is 14.4 Å². The Bertz CT molecular complexity index is 781. The Kier molecular flexibility index (Phi) is 7.41. The number of aliphatic hydroxyl groups is 1. The summed E-state index contributed by atoms with van der Waals surface area (Å²) in [6.45, 7) is 20.3. The summed E-state index contributed by atoms with van der Waals surface area (Å²) >= 11 is 0. The number of hydrogen-bond acceptors (Lipinski definition) is 6. The molecule has 3 unspecified atom stereocenters. The second-order valence-electron chi connectivity index (χ2n) is 12.7. The van der Waals surface area contributed by atoms with Gasteiger partial charge < -0.3 is 14.6 Å². The van der Waals surface area contributed by atoms with Crippen LogP contribution in [0, 0.1) is 33.5 Å². The standard InChI is InChI=1S/C26H42O6/c1-23(2,3)25(6,7)15-26(8,9)24(4,5)14-16(10-17-12-19(27)31-21(17)29)11-18-13-20(28)32-22(18)30/h14,17-18,21,29H,10-13,15H2,1-9H3/b16-14-. The Morgan fingerprint density at radius 1 is 0.906 bits per heavy atom. The summed E-state index contributed by atoms with van der Waals surface area (Å²) in [4.78, 5) is 35.4. The number of hydrogen-bond donors (Lipinski definition) is 1. The Balaban J connectivity index is 2.34. The summed E-state index contributed by atoms with van der Waals surface area (Å²) in [6.07, 6.45) is 3.07. The molecule has 0 amide bonds. The highest BCUT2D eigenvalue weighted by Crippen LogP contribution is 2.53. The van der Waals surface area contributed by atoms with E-state index in [-0.39, 0.29) is 40.4 Å². The maximum absolute atomic E-state index is 12.1. The van der Waals surface area contributed by atoms with Crippen LogP contribution in [0.15, 0.2) is 11.6 Å². The molecule has 0 radical (unpaired) electrons. The largest absolute Gasteiger partial charge is 0.436 e. The van der Waals surface area contributed by atoms with Crippen LogP contribution >= 0.6 is 0 Å². The van der Waals surface area contributed by atoms with Crippen LogP contribution < -0.4 is 0 Å². The van der Waals surface area contributed by atoms with E-state index in [2.05, 4.69) is 68.4 Å². The van der Waals surface area contributed by atoms with Crippen LogP contribution in [-0.2, 0) is 23.9 Å². The fraction of sp³-hybridized carbons (Fsp3) is 0.808. The van der Waals surface area contributed by atoms with Crippen LogP contribution in [0.4, 0.5) is 0 Å². The van der Waals surface area contributed by atoms with Crippen molar-refractivity contribution in [1.29, 1.82) is 0 Å². The molecule has 2 fully saturated rings. The van der Waals surface area contributed by atoms with Crippen molar-refractivity contribution < 1.29 is 29.0 Å². The minimum absolute atomic E-state index is 0.0691. The van der Waals surface area contributed by atoms with E-state index in [1.807, 2.05) is 0 Å². The molecule has 1 N–H and O–H groups in total. The zero-order valence-electron chi connectivity index (χ0n) is 21.3. The van der Waals surface area contributed by atoms with Crippen LogP contribution in [0.2, 0.25) is 0 Å². The Morgan fingerprint density at radius 2 is 1.50 bits per heavy atom. The molecular weight excluding hydrogens is 408 g/mol. The lowest BCUT2D eigenvalue weighted by atomic mass is 9.55. The molecule has 2 saturated heterocycles. The summed E-state index contributed by atoms with van der Waals surface area (Å²) in [7, 11) is 0. The third-order valence-corrected chi connectivity index (χ3v) is 8.30. The van der Waals surface area contributed by atoms with Gasteiger partial charge in [0.15, 0.2) is 0 Å². The smallest absolute Gasteiger partial charge is 0.317 e. The van der Waals surface area contributed by atoms with Crippen LogP contribution in [0.25, 0.3) is 0 Å². The molecule has 2 rings (SSSR count). The van der Waals surface area contributed by atoms with Gasteiger partial charge in [0.2, 0.25) is 6.29 Å². The first-order chi connectivity index (χ1) is 14.3. The van der Waals surface area contributed by atoms with Gasteiger partial charge in [0.1, 0.15) is 0 Å². The van der Waals surface area contributed by atoms with E-state index in [4.69, 9.17) is 9.47 Å². The van der Waals surface area contributed by atoms with E-state index in [0.29, 0.717) is 12.8 Å². The SMILES string of the molecule is CC(C)(C)C(C)(C)CC(C)(C)C(C)(C)/C=C(\CC1CC(=O)OC1=O)CC1CC(=O)OC1O. The summed E-state index contributed by atoms with van der Waals surface area (Å²) < 4.78 is 9.68. The number of esters is 3. The topological polar surface area (TPSA) is 89.9 Å². The zero-order chi connectivity index (χ0) is 24.7. The molecule has 32 heavy (non-hydrogen) atoms. The summed E-state index contributed by atoms with van der Waals surface area (Å²) in [5, 5.41) is 10.1. The molecule has 2 aliphatic heterocycles. The van der Waals surface area contributed by atoms with Gasteiger partial charge in [-0.25, -0.2) is 0 Å². The fourth-order valence-electron chi connectivity index (χ4n) is 4.60. The van der Waals surface area contributed by atoms with Crippen molar-refractivity contribution in [2.45, 2.75) is 101 Å². The van der Waals surface area contributed by atoms with Crippen molar-refractivity contribution in [2.75, 3.05) is 0 Å². The van der Waals surface area contributed by atoms with Gasteiger partial charge in [0.05, 0.1) is 18.8 Å². The van der Waals surface area contributed by atoms with Gasteiger partial charge in [-0.1, -0.05) is 74.0 Å². The zero-order valence-corrected chi connectivity index (χ0v) is 21.3. The molecule has 2 heterocycles. The predicted octanol–water partition coefficient (Wildman–Crippen LogP) is 5.18. The quantitative estimate of drug-likeness (QED) is 0.311. The van der Waals surface area contributed by atoms with Gasteiger partial charge in [-0.15, -0.1) is 0 Å². The highest BCUT2D eigenvalue weighted by Gasteiger charge is 2.45. The third-order valence-electron chi connectivity index (χ3n) is 8.30. The molecule has 0 aromatic rings. The van der Waals surface area contributed by atoms with Crippen molar-refractivity contribution in [1.82, 2.24) is 0 Å². The molecule has 0 spiro atoms. The van der Waals surface area contributed by atoms with Crippen LogP contribution in [0.1, 0.15) is 94.4 Å². The molecule has 6 heteroatoms. The van der Waals surface area contributed by atoms with Crippen molar-refractivity contribution in [3.8, 4) is 0 Å². The van der Waals surface area contributed by atoms with E-state index in [1.54, 1.807) is 0 Å². The number of cyclic esters (lactones) is 3. The highest BCUT2D eigenvalue weighted by molar-refractivity contribution is 5.94. The maximum atomic E-state index is 12.1. The number of ether oxygens (including phenoxy) is 2. The van der Waals surface area contributed by atoms with Crippen molar-refractivity contribution >= 4 is 17.9 Å². The van der Waals surface area contributed by atoms with Gasteiger partial charge in [0, 0.05) is 5.92 Å². The minimum atomic E-state index is -1.14. The highest BCUT2D eigenvalue weighted by atomic mass is 16.6. The van der Waals surface area contributed by atoms with Crippen LogP contribution in [-0.4, -0.2) is 29.3 Å². The summed E-state index contributed by atoms with van der Waals surface area (Å²) in [6, 6.07) is 0. The fourth-order valence-corrected chi connectivity index (χ4v) is 4.60. The lowest BCUT2D eigenvalue weighted by Gasteiger charge is -2.49. The second kappa shape index (κ2) is 8.92. The Labute approximate surface area is 193 Å². The summed E-state index contributed by atoms with van der Waals surface area (Å²) in [5.41, 5.74) is 0.848. The maximum Gasteiger partial charge on any atom is 0.317 e. The molecule has 0 saturated carbocycles. The number of rotatable bonds is 8.